The van der Waals surface area contributed by atoms with E-state index in [2.05, 4.69) is 5.32 Å². The molecule has 0 aliphatic carbocycles. The van der Waals surface area contributed by atoms with Gasteiger partial charge in [-0.2, -0.15) is 13.2 Å². The van der Waals surface area contributed by atoms with E-state index < -0.39 is 44.8 Å². The monoisotopic (exact) mass is 403 g/mol. The van der Waals surface area contributed by atoms with Crippen LogP contribution in [0.3, 0.4) is 0 Å². The average molecular weight is 403 g/mol. The summed E-state index contributed by atoms with van der Waals surface area (Å²) in [5.74, 6) is -2.72. The van der Waals surface area contributed by atoms with Crippen LogP contribution in [0.5, 0.6) is 0 Å². The first-order chi connectivity index (χ1) is 12.5. The molecule has 0 fully saturated rings. The third kappa shape index (κ3) is 6.35. The predicted octanol–water partition coefficient (Wildman–Crippen LogP) is 3.38. The topological polar surface area (TPSA) is 63.2 Å². The highest BCUT2D eigenvalue weighted by atomic mass is 32.2. The second-order valence-corrected chi connectivity index (χ2v) is 8.16. The predicted molar refractivity (Wildman–Crippen MR) is 91.9 cm³/mol. The lowest BCUT2D eigenvalue weighted by Crippen LogP contribution is -2.30. The van der Waals surface area contributed by atoms with Gasteiger partial charge >= 0.3 is 6.18 Å². The summed E-state index contributed by atoms with van der Waals surface area (Å²) in [4.78, 5) is 11.9. The van der Waals surface area contributed by atoms with E-state index in [9.17, 15) is 30.8 Å². The maximum Gasteiger partial charge on any atom is 0.416 e. The summed E-state index contributed by atoms with van der Waals surface area (Å²) in [6.07, 6.45) is -4.58. The second kappa shape index (κ2) is 8.08. The van der Waals surface area contributed by atoms with Crippen molar-refractivity contribution in [2.75, 3.05) is 5.75 Å². The van der Waals surface area contributed by atoms with Gasteiger partial charge in [0.25, 0.3) is 0 Å². The van der Waals surface area contributed by atoms with Crippen molar-refractivity contribution in [3.8, 4) is 0 Å². The summed E-state index contributed by atoms with van der Waals surface area (Å²) in [6.45, 7) is 1.57. The molecule has 0 saturated heterocycles. The fourth-order valence-electron chi connectivity index (χ4n) is 2.41. The van der Waals surface area contributed by atoms with E-state index in [4.69, 9.17) is 0 Å². The molecule has 27 heavy (non-hydrogen) atoms. The van der Waals surface area contributed by atoms with Crippen LogP contribution in [0.2, 0.25) is 0 Å². The highest BCUT2D eigenvalue weighted by molar-refractivity contribution is 7.91. The number of nitrogens with one attached hydrogen (secondary N) is 1. The van der Waals surface area contributed by atoms with Crippen molar-refractivity contribution in [1.29, 1.82) is 0 Å². The van der Waals surface area contributed by atoms with Crippen LogP contribution in [0.25, 0.3) is 0 Å². The molecule has 0 unspecified atom stereocenters. The molecule has 0 aliphatic heterocycles. The maximum absolute atomic E-state index is 13.2. The van der Waals surface area contributed by atoms with Crippen molar-refractivity contribution in [2.45, 2.75) is 25.4 Å². The van der Waals surface area contributed by atoms with Crippen LogP contribution in [0.15, 0.2) is 42.5 Å². The lowest BCUT2D eigenvalue weighted by Gasteiger charge is -2.10. The maximum atomic E-state index is 13.2. The highest BCUT2D eigenvalue weighted by Crippen LogP contribution is 2.29. The normalized spacial score (nSPS) is 12.0. The molecule has 0 saturated carbocycles. The van der Waals surface area contributed by atoms with Gasteiger partial charge in [-0.25, -0.2) is 12.8 Å². The first-order valence-corrected chi connectivity index (χ1v) is 9.67. The lowest BCUT2D eigenvalue weighted by molar-refractivity contribution is -0.137. The largest absolute Gasteiger partial charge is 0.416 e. The Bertz CT molecular complexity index is 940. The Labute approximate surface area is 154 Å². The van der Waals surface area contributed by atoms with E-state index >= 15 is 0 Å². The van der Waals surface area contributed by atoms with Crippen molar-refractivity contribution in [1.82, 2.24) is 5.32 Å². The minimum Gasteiger partial charge on any atom is -0.351 e. The Hall–Kier alpha value is -2.42. The van der Waals surface area contributed by atoms with Gasteiger partial charge in [0.15, 0.2) is 9.84 Å². The fourth-order valence-corrected chi connectivity index (χ4v) is 3.70. The standard InChI is InChI=1S/C18H17F4NO3S/c1-12-7-13(5-6-16(12)19)9-23-17(24)11-27(25,26)10-14-3-2-4-15(8-14)18(20,21)22/h2-8H,9-11H2,1H3,(H,23,24). The van der Waals surface area contributed by atoms with Crippen molar-refractivity contribution in [2.24, 2.45) is 0 Å². The molecule has 2 aromatic rings. The second-order valence-electron chi connectivity index (χ2n) is 6.09. The van der Waals surface area contributed by atoms with Crippen molar-refractivity contribution in [3.63, 3.8) is 0 Å². The van der Waals surface area contributed by atoms with E-state index in [1.165, 1.54) is 24.3 Å². The number of hydrogen-bond acceptors (Lipinski definition) is 3. The molecule has 0 bridgehead atoms. The van der Waals surface area contributed by atoms with E-state index in [0.29, 0.717) is 11.1 Å². The molecule has 9 heteroatoms. The van der Waals surface area contributed by atoms with Gasteiger partial charge in [0.1, 0.15) is 11.6 Å². The third-order valence-corrected chi connectivity index (χ3v) is 5.18. The lowest BCUT2D eigenvalue weighted by atomic mass is 10.1. The van der Waals surface area contributed by atoms with Gasteiger partial charge in [-0.15, -0.1) is 0 Å². The molecule has 146 valence electrons. The average Bonchev–Trinajstić information content (AvgIpc) is 2.54. The zero-order valence-corrected chi connectivity index (χ0v) is 15.1. The van der Waals surface area contributed by atoms with Crippen LogP contribution < -0.4 is 5.32 Å². The molecule has 0 spiro atoms. The van der Waals surface area contributed by atoms with Crippen molar-refractivity contribution >= 4 is 15.7 Å². The molecule has 1 amide bonds. The van der Waals surface area contributed by atoms with E-state index in [1.807, 2.05) is 0 Å². The minimum absolute atomic E-state index is 0.0129. The molecule has 2 aromatic carbocycles. The van der Waals surface area contributed by atoms with Crippen LogP contribution in [0, 0.1) is 12.7 Å². The molecular weight excluding hydrogens is 386 g/mol. The van der Waals surface area contributed by atoms with Gasteiger partial charge in [-0.05, 0) is 35.7 Å². The first kappa shape index (κ1) is 20.9. The first-order valence-electron chi connectivity index (χ1n) is 7.84. The fraction of sp³-hybridized carbons (Fsp3) is 0.278. The smallest absolute Gasteiger partial charge is 0.351 e. The van der Waals surface area contributed by atoms with Crippen LogP contribution in [-0.2, 0) is 33.1 Å². The number of halogens is 4. The zero-order chi connectivity index (χ0) is 20.2. The number of carbonyl (C=O) groups is 1. The van der Waals surface area contributed by atoms with Crippen molar-refractivity contribution < 1.29 is 30.8 Å². The Balaban J connectivity index is 1.97. The Morgan fingerprint density at radius 1 is 1.07 bits per heavy atom. The Morgan fingerprint density at radius 3 is 2.41 bits per heavy atom. The van der Waals surface area contributed by atoms with E-state index in [0.717, 1.165) is 18.2 Å². The molecule has 0 aliphatic rings. The number of hydrogen-bond donors (Lipinski definition) is 1. The summed E-state index contributed by atoms with van der Waals surface area (Å²) in [7, 11) is -3.95. The van der Waals surface area contributed by atoms with Gasteiger partial charge in [0.05, 0.1) is 11.3 Å². The highest BCUT2D eigenvalue weighted by Gasteiger charge is 2.30. The van der Waals surface area contributed by atoms with Gasteiger partial charge < -0.3 is 5.32 Å². The molecule has 0 radical (unpaired) electrons. The molecule has 2 rings (SSSR count). The van der Waals surface area contributed by atoms with Crippen LogP contribution in [-0.4, -0.2) is 20.1 Å². The van der Waals surface area contributed by atoms with E-state index in [1.54, 1.807) is 6.92 Å². The number of benzene rings is 2. The molecule has 0 aromatic heterocycles. The number of rotatable bonds is 6. The third-order valence-electron chi connectivity index (χ3n) is 3.70. The van der Waals surface area contributed by atoms with Crippen molar-refractivity contribution in [3.05, 3.63) is 70.5 Å². The Morgan fingerprint density at radius 2 is 1.78 bits per heavy atom. The van der Waals surface area contributed by atoms with Gasteiger partial charge in [-0.1, -0.05) is 30.3 Å². The molecule has 0 heterocycles. The number of amides is 1. The summed E-state index contributed by atoms with van der Waals surface area (Å²) in [5, 5.41) is 2.40. The number of carbonyl (C=O) groups excluding carboxylic acids is 1. The zero-order valence-electron chi connectivity index (χ0n) is 14.3. The summed E-state index contributed by atoms with van der Waals surface area (Å²) < 4.78 is 75.4. The summed E-state index contributed by atoms with van der Waals surface area (Å²) in [6, 6.07) is 8.18. The number of alkyl halides is 3. The van der Waals surface area contributed by atoms with Gasteiger partial charge in [0.2, 0.25) is 5.91 Å². The van der Waals surface area contributed by atoms with Gasteiger partial charge in [0, 0.05) is 6.54 Å². The van der Waals surface area contributed by atoms with E-state index in [-0.39, 0.29) is 12.1 Å². The number of aryl methyl sites for hydroxylation is 1. The number of sulfone groups is 1. The molecule has 1 N–H and O–H groups in total. The summed E-state index contributed by atoms with van der Waals surface area (Å²) >= 11 is 0. The molecular formula is C18H17F4NO3S. The quantitative estimate of drug-likeness (QED) is 0.753. The van der Waals surface area contributed by atoms with Gasteiger partial charge in [-0.3, -0.25) is 4.79 Å². The molecule has 0 atom stereocenters. The summed E-state index contributed by atoms with van der Waals surface area (Å²) in [5.41, 5.74) is -0.0189. The van der Waals surface area contributed by atoms with Crippen LogP contribution in [0.4, 0.5) is 17.6 Å². The van der Waals surface area contributed by atoms with Crippen LogP contribution >= 0.6 is 0 Å². The Kier molecular flexibility index (Phi) is 6.25. The van der Waals surface area contributed by atoms with Crippen LogP contribution in [0.1, 0.15) is 22.3 Å². The SMILES string of the molecule is Cc1cc(CNC(=O)CS(=O)(=O)Cc2cccc(C(F)(F)F)c2)ccc1F. The minimum atomic E-state index is -4.58. The molecule has 4 nitrogen and oxygen atoms in total.